The quantitative estimate of drug-likeness (QED) is 0.763. The Kier molecular flexibility index (Phi) is 6.43. The van der Waals surface area contributed by atoms with Gasteiger partial charge in [-0.3, -0.25) is 0 Å². The van der Waals surface area contributed by atoms with Crippen LogP contribution >= 0.6 is 0 Å². The minimum atomic E-state index is -3.51. The van der Waals surface area contributed by atoms with Gasteiger partial charge in [-0.15, -0.1) is 0 Å². The molecule has 0 aromatic heterocycles. The van der Waals surface area contributed by atoms with Gasteiger partial charge in [0.25, 0.3) is 0 Å². The van der Waals surface area contributed by atoms with E-state index in [0.717, 1.165) is 50.4 Å². The number of hydrogen-bond acceptors (Lipinski definition) is 3. The maximum absolute atomic E-state index is 12.6. The summed E-state index contributed by atoms with van der Waals surface area (Å²) in [5.74, 6) is 0. The molecule has 2 aromatic rings. The lowest BCUT2D eigenvalue weighted by atomic mass is 10.1. The number of morpholine rings is 1. The highest BCUT2D eigenvalue weighted by atomic mass is 32.2. The molecule has 1 heterocycles. The average molecular weight is 376 g/mol. The number of ether oxygens (including phenoxy) is 1. The summed E-state index contributed by atoms with van der Waals surface area (Å²) in [4.78, 5) is 1.78. The molecule has 140 valence electrons. The molecule has 2 N–H and O–H groups in total. The van der Waals surface area contributed by atoms with Gasteiger partial charge in [-0.1, -0.05) is 43.3 Å². The van der Waals surface area contributed by atoms with Gasteiger partial charge >= 0.3 is 0 Å². The highest BCUT2D eigenvalue weighted by Crippen LogP contribution is 2.13. The van der Waals surface area contributed by atoms with Crippen molar-refractivity contribution in [2.45, 2.75) is 31.3 Å². The summed E-state index contributed by atoms with van der Waals surface area (Å²) in [5, 5.41) is 0. The molecule has 0 amide bonds. The van der Waals surface area contributed by atoms with Crippen molar-refractivity contribution in [2.24, 2.45) is 0 Å². The van der Waals surface area contributed by atoms with Gasteiger partial charge in [-0.25, -0.2) is 13.1 Å². The lowest BCUT2D eigenvalue weighted by Crippen LogP contribution is -3.12. The molecule has 6 heteroatoms. The van der Waals surface area contributed by atoms with Crippen LogP contribution in [0.15, 0.2) is 53.4 Å². The maximum atomic E-state index is 12.6. The van der Waals surface area contributed by atoms with Gasteiger partial charge < -0.3 is 9.64 Å². The second-order valence-corrected chi connectivity index (χ2v) is 8.40. The smallest absolute Gasteiger partial charge is 0.240 e. The van der Waals surface area contributed by atoms with Crippen molar-refractivity contribution in [3.63, 3.8) is 0 Å². The van der Waals surface area contributed by atoms with Crippen molar-refractivity contribution in [3.8, 4) is 0 Å². The zero-order valence-electron chi connectivity index (χ0n) is 15.2. The van der Waals surface area contributed by atoms with Gasteiger partial charge in [0, 0.05) is 12.1 Å². The summed E-state index contributed by atoms with van der Waals surface area (Å²) in [5.41, 5.74) is 3.34. The fourth-order valence-electron chi connectivity index (χ4n) is 3.17. The lowest BCUT2D eigenvalue weighted by molar-refractivity contribution is -0.921. The predicted octanol–water partition coefficient (Wildman–Crippen LogP) is 1.14. The van der Waals surface area contributed by atoms with Gasteiger partial charge in [0.05, 0.1) is 18.1 Å². The lowest BCUT2D eigenvalue weighted by Gasteiger charge is -2.24. The number of quaternary nitrogens is 1. The van der Waals surface area contributed by atoms with Crippen molar-refractivity contribution in [1.82, 2.24) is 4.72 Å². The van der Waals surface area contributed by atoms with E-state index in [1.807, 2.05) is 30.3 Å². The SMILES string of the molecule is CCc1ccc(S(=O)(=O)NCc2ccccc2C[NH+]2CCOCC2)cc1. The molecule has 0 saturated carbocycles. The first-order valence-electron chi connectivity index (χ1n) is 9.15. The molecule has 1 aliphatic heterocycles. The van der Waals surface area contributed by atoms with Crippen molar-refractivity contribution in [2.75, 3.05) is 26.3 Å². The Balaban J connectivity index is 1.68. The fraction of sp³-hybridized carbons (Fsp3) is 0.400. The molecule has 0 bridgehead atoms. The second kappa shape index (κ2) is 8.77. The highest BCUT2D eigenvalue weighted by molar-refractivity contribution is 7.89. The Morgan fingerprint density at radius 3 is 2.31 bits per heavy atom. The van der Waals surface area contributed by atoms with Gasteiger partial charge in [0.2, 0.25) is 10.0 Å². The normalized spacial score (nSPS) is 15.9. The molecule has 26 heavy (non-hydrogen) atoms. The zero-order chi connectivity index (χ0) is 18.4. The summed E-state index contributed by atoms with van der Waals surface area (Å²) in [7, 11) is -3.51. The fourth-order valence-corrected chi connectivity index (χ4v) is 4.18. The predicted molar refractivity (Wildman–Crippen MR) is 102 cm³/mol. The van der Waals surface area contributed by atoms with Crippen LogP contribution < -0.4 is 9.62 Å². The van der Waals surface area contributed by atoms with Crippen LogP contribution in [0.25, 0.3) is 0 Å². The van der Waals surface area contributed by atoms with Crippen molar-refractivity contribution in [1.29, 1.82) is 0 Å². The first kappa shape index (κ1) is 19.0. The number of sulfonamides is 1. The van der Waals surface area contributed by atoms with Crippen LogP contribution in [0, 0.1) is 0 Å². The topological polar surface area (TPSA) is 59.8 Å². The third kappa shape index (κ3) is 4.92. The van der Waals surface area contributed by atoms with Gasteiger partial charge in [0.15, 0.2) is 0 Å². The van der Waals surface area contributed by atoms with E-state index in [1.54, 1.807) is 12.1 Å². The number of nitrogens with one attached hydrogen (secondary N) is 2. The summed E-state index contributed by atoms with van der Waals surface area (Å²) >= 11 is 0. The van der Waals surface area contributed by atoms with Crippen molar-refractivity contribution >= 4 is 10.0 Å². The van der Waals surface area contributed by atoms with E-state index in [0.29, 0.717) is 11.4 Å². The Morgan fingerprint density at radius 1 is 1.00 bits per heavy atom. The second-order valence-electron chi connectivity index (χ2n) is 6.63. The third-order valence-corrected chi connectivity index (χ3v) is 6.27. The number of rotatable bonds is 7. The first-order valence-corrected chi connectivity index (χ1v) is 10.6. The molecule has 1 aliphatic rings. The molecular weight excluding hydrogens is 348 g/mol. The molecule has 5 nitrogen and oxygen atoms in total. The summed E-state index contributed by atoms with van der Waals surface area (Å²) in [6.45, 7) is 6.81. The van der Waals surface area contributed by atoms with Crippen LogP contribution in [-0.4, -0.2) is 34.7 Å². The molecule has 3 rings (SSSR count). The Bertz CT molecular complexity index is 813. The highest BCUT2D eigenvalue weighted by Gasteiger charge is 2.18. The van der Waals surface area contributed by atoms with E-state index in [1.165, 1.54) is 10.5 Å². The van der Waals surface area contributed by atoms with Gasteiger partial charge in [-0.2, -0.15) is 0 Å². The van der Waals surface area contributed by atoms with E-state index in [9.17, 15) is 8.42 Å². The largest absolute Gasteiger partial charge is 0.370 e. The number of aryl methyl sites for hydroxylation is 1. The molecule has 1 fully saturated rings. The van der Waals surface area contributed by atoms with Gasteiger partial charge in [-0.05, 0) is 29.7 Å². The van der Waals surface area contributed by atoms with Crippen LogP contribution in [0.5, 0.6) is 0 Å². The van der Waals surface area contributed by atoms with Crippen LogP contribution in [-0.2, 0) is 34.3 Å². The average Bonchev–Trinajstić information content (AvgIpc) is 2.68. The summed E-state index contributed by atoms with van der Waals surface area (Å²) in [6, 6.07) is 15.1. The minimum absolute atomic E-state index is 0.303. The van der Waals surface area contributed by atoms with Crippen molar-refractivity contribution < 1.29 is 18.1 Å². The van der Waals surface area contributed by atoms with E-state index in [4.69, 9.17) is 4.74 Å². The van der Waals surface area contributed by atoms with Gasteiger partial charge in [0.1, 0.15) is 19.6 Å². The van der Waals surface area contributed by atoms with Crippen LogP contribution in [0.3, 0.4) is 0 Å². The first-order chi connectivity index (χ1) is 12.6. The van der Waals surface area contributed by atoms with E-state index in [-0.39, 0.29) is 0 Å². The standard InChI is InChI=1S/C20H26N2O3S/c1-2-17-7-9-20(10-8-17)26(23,24)21-15-18-5-3-4-6-19(18)16-22-11-13-25-14-12-22/h3-10,21H,2,11-16H2,1H3/p+1. The van der Waals surface area contributed by atoms with Crippen molar-refractivity contribution in [3.05, 3.63) is 65.2 Å². The Hall–Kier alpha value is -1.73. The maximum Gasteiger partial charge on any atom is 0.240 e. The third-order valence-electron chi connectivity index (χ3n) is 4.85. The number of benzene rings is 2. The summed E-state index contributed by atoms with van der Waals surface area (Å²) < 4.78 is 33.3. The molecule has 1 saturated heterocycles. The molecule has 0 atom stereocenters. The van der Waals surface area contributed by atoms with Crippen LogP contribution in [0.4, 0.5) is 0 Å². The van der Waals surface area contributed by atoms with E-state index < -0.39 is 10.0 Å². The molecule has 0 spiro atoms. The molecule has 0 aliphatic carbocycles. The van der Waals surface area contributed by atoms with Crippen LogP contribution in [0.1, 0.15) is 23.6 Å². The monoisotopic (exact) mass is 375 g/mol. The molecule has 2 aromatic carbocycles. The zero-order valence-corrected chi connectivity index (χ0v) is 16.0. The Morgan fingerprint density at radius 2 is 1.65 bits per heavy atom. The van der Waals surface area contributed by atoms with E-state index in [2.05, 4.69) is 17.7 Å². The molecule has 0 radical (unpaired) electrons. The number of hydrogen-bond donors (Lipinski definition) is 2. The van der Waals surface area contributed by atoms with Crippen LogP contribution in [0.2, 0.25) is 0 Å². The summed E-state index contributed by atoms with van der Waals surface area (Å²) in [6.07, 6.45) is 0.894. The van der Waals surface area contributed by atoms with E-state index >= 15 is 0 Å². The molecule has 0 unspecified atom stereocenters. The molecular formula is C20H27N2O3S+. The minimum Gasteiger partial charge on any atom is -0.370 e. The Labute approximate surface area is 156 Å².